The number of halogens is 2. The fourth-order valence-electron chi connectivity index (χ4n) is 1.73. The van der Waals surface area contributed by atoms with Crippen molar-refractivity contribution >= 4 is 23.2 Å². The Kier molecular flexibility index (Phi) is 3.18. The normalized spacial score (nSPS) is 24.4. The van der Waals surface area contributed by atoms with E-state index < -0.39 is 0 Å². The molecule has 2 rings (SSSR count). The van der Waals surface area contributed by atoms with Gasteiger partial charge in [-0.3, -0.25) is 0 Å². The third-order valence-electron chi connectivity index (χ3n) is 2.54. The molecule has 1 unspecified atom stereocenters. The number of allylic oxidation sites excluding steroid dienone is 4. The Morgan fingerprint density at radius 2 is 2.00 bits per heavy atom. The lowest BCUT2D eigenvalue weighted by molar-refractivity contribution is 0.697. The summed E-state index contributed by atoms with van der Waals surface area (Å²) in [6.07, 6.45) is 9.77. The van der Waals surface area contributed by atoms with Crippen molar-refractivity contribution < 1.29 is 0 Å². The summed E-state index contributed by atoms with van der Waals surface area (Å²) in [5, 5.41) is 0.792. The Morgan fingerprint density at radius 3 is 2.67 bits per heavy atom. The van der Waals surface area contributed by atoms with E-state index in [-0.39, 0.29) is 4.87 Å². The SMILES string of the molecule is Clc1ccccc1CC1(Cl)C=CC=CC1. The van der Waals surface area contributed by atoms with Gasteiger partial charge in [0.2, 0.25) is 0 Å². The van der Waals surface area contributed by atoms with Gasteiger partial charge in [0.15, 0.2) is 0 Å². The van der Waals surface area contributed by atoms with Gasteiger partial charge in [-0.2, -0.15) is 0 Å². The van der Waals surface area contributed by atoms with Crippen LogP contribution in [-0.4, -0.2) is 4.87 Å². The third kappa shape index (κ3) is 2.64. The van der Waals surface area contributed by atoms with Crippen molar-refractivity contribution in [3.8, 4) is 0 Å². The largest absolute Gasteiger partial charge is 0.114 e. The molecule has 0 saturated carbocycles. The molecule has 0 saturated heterocycles. The second-order valence-electron chi connectivity index (χ2n) is 3.79. The Labute approximate surface area is 100 Å². The average molecular weight is 239 g/mol. The van der Waals surface area contributed by atoms with Crippen LogP contribution in [0.3, 0.4) is 0 Å². The van der Waals surface area contributed by atoms with Crippen LogP contribution < -0.4 is 0 Å². The quantitative estimate of drug-likeness (QED) is 0.672. The van der Waals surface area contributed by atoms with Gasteiger partial charge in [0.1, 0.15) is 0 Å². The van der Waals surface area contributed by atoms with E-state index in [0.29, 0.717) is 0 Å². The van der Waals surface area contributed by atoms with E-state index in [4.69, 9.17) is 23.2 Å². The molecule has 1 atom stereocenters. The fraction of sp³-hybridized carbons (Fsp3) is 0.231. The Morgan fingerprint density at radius 1 is 1.20 bits per heavy atom. The summed E-state index contributed by atoms with van der Waals surface area (Å²) < 4.78 is 0. The van der Waals surface area contributed by atoms with E-state index in [1.807, 2.05) is 42.5 Å². The van der Waals surface area contributed by atoms with Crippen LogP contribution in [-0.2, 0) is 6.42 Å². The van der Waals surface area contributed by atoms with E-state index >= 15 is 0 Å². The predicted molar refractivity (Wildman–Crippen MR) is 66.6 cm³/mol. The summed E-state index contributed by atoms with van der Waals surface area (Å²) >= 11 is 12.6. The molecule has 15 heavy (non-hydrogen) atoms. The minimum absolute atomic E-state index is 0.306. The molecule has 1 aromatic rings. The molecule has 78 valence electrons. The zero-order valence-corrected chi connectivity index (χ0v) is 9.80. The van der Waals surface area contributed by atoms with Crippen LogP contribution in [0.4, 0.5) is 0 Å². The van der Waals surface area contributed by atoms with Crippen LogP contribution in [0.2, 0.25) is 5.02 Å². The average Bonchev–Trinajstić information content (AvgIpc) is 2.22. The molecule has 0 spiro atoms. The molecule has 0 aliphatic heterocycles. The number of benzene rings is 1. The molecular formula is C13H12Cl2. The molecule has 0 bridgehead atoms. The zero-order chi connectivity index (χ0) is 10.7. The first kappa shape index (κ1) is 10.8. The van der Waals surface area contributed by atoms with Gasteiger partial charge in [-0.1, -0.05) is 54.1 Å². The van der Waals surface area contributed by atoms with Gasteiger partial charge in [0, 0.05) is 5.02 Å². The van der Waals surface area contributed by atoms with E-state index in [1.54, 1.807) is 0 Å². The molecule has 2 heteroatoms. The minimum Gasteiger partial charge on any atom is -0.114 e. The topological polar surface area (TPSA) is 0 Å². The molecule has 1 aliphatic carbocycles. The second kappa shape index (κ2) is 4.42. The maximum Gasteiger partial charge on any atom is 0.0704 e. The lowest BCUT2D eigenvalue weighted by Crippen LogP contribution is -2.22. The fourth-order valence-corrected chi connectivity index (χ4v) is 2.24. The van der Waals surface area contributed by atoms with Crippen LogP contribution in [0.25, 0.3) is 0 Å². The van der Waals surface area contributed by atoms with Crippen molar-refractivity contribution in [2.24, 2.45) is 0 Å². The van der Waals surface area contributed by atoms with Crippen molar-refractivity contribution in [1.29, 1.82) is 0 Å². The molecule has 1 aliphatic rings. The van der Waals surface area contributed by atoms with E-state index in [1.165, 1.54) is 0 Å². The molecule has 0 radical (unpaired) electrons. The van der Waals surface area contributed by atoms with Crippen molar-refractivity contribution in [2.75, 3.05) is 0 Å². The lowest BCUT2D eigenvalue weighted by atomic mass is 9.92. The van der Waals surface area contributed by atoms with Gasteiger partial charge in [-0.25, -0.2) is 0 Å². The van der Waals surface area contributed by atoms with Gasteiger partial charge >= 0.3 is 0 Å². The van der Waals surface area contributed by atoms with Gasteiger partial charge < -0.3 is 0 Å². The second-order valence-corrected chi connectivity index (χ2v) is 4.95. The van der Waals surface area contributed by atoms with Crippen LogP contribution in [0, 0.1) is 0 Å². The Hall–Kier alpha value is -0.720. The number of alkyl halides is 1. The van der Waals surface area contributed by atoms with E-state index in [9.17, 15) is 0 Å². The summed E-state index contributed by atoms with van der Waals surface area (Å²) in [6.45, 7) is 0. The highest BCUT2D eigenvalue weighted by Gasteiger charge is 2.24. The van der Waals surface area contributed by atoms with E-state index in [0.717, 1.165) is 23.4 Å². The molecule has 0 heterocycles. The first-order valence-electron chi connectivity index (χ1n) is 4.96. The standard InChI is InChI=1S/C13H12Cl2/c14-12-7-3-2-6-11(12)10-13(15)8-4-1-5-9-13/h1-8H,9-10H2. The smallest absolute Gasteiger partial charge is 0.0704 e. The van der Waals surface area contributed by atoms with Gasteiger partial charge in [-0.05, 0) is 24.5 Å². The van der Waals surface area contributed by atoms with Crippen LogP contribution in [0.15, 0.2) is 48.6 Å². The molecule has 0 amide bonds. The summed E-state index contributed by atoms with van der Waals surface area (Å²) in [4.78, 5) is -0.306. The molecule has 1 aromatic carbocycles. The molecule has 0 fully saturated rings. The Balaban J connectivity index is 2.18. The lowest BCUT2D eigenvalue weighted by Gasteiger charge is -2.24. The first-order chi connectivity index (χ1) is 7.20. The molecular weight excluding hydrogens is 227 g/mol. The first-order valence-corrected chi connectivity index (χ1v) is 5.72. The molecule has 0 aromatic heterocycles. The van der Waals surface area contributed by atoms with Crippen molar-refractivity contribution in [1.82, 2.24) is 0 Å². The van der Waals surface area contributed by atoms with Gasteiger partial charge in [-0.15, -0.1) is 11.6 Å². The number of hydrogen-bond acceptors (Lipinski definition) is 0. The zero-order valence-electron chi connectivity index (χ0n) is 8.29. The Bertz CT molecular complexity index is 407. The van der Waals surface area contributed by atoms with Crippen molar-refractivity contribution in [3.63, 3.8) is 0 Å². The number of rotatable bonds is 2. The summed E-state index contributed by atoms with van der Waals surface area (Å²) in [6, 6.07) is 7.85. The summed E-state index contributed by atoms with van der Waals surface area (Å²) in [7, 11) is 0. The van der Waals surface area contributed by atoms with Crippen molar-refractivity contribution in [2.45, 2.75) is 17.7 Å². The maximum atomic E-state index is 6.48. The highest BCUT2D eigenvalue weighted by molar-refractivity contribution is 6.31. The van der Waals surface area contributed by atoms with Crippen molar-refractivity contribution in [3.05, 3.63) is 59.2 Å². The van der Waals surface area contributed by atoms with Crippen LogP contribution in [0.5, 0.6) is 0 Å². The third-order valence-corrected chi connectivity index (χ3v) is 3.32. The monoisotopic (exact) mass is 238 g/mol. The van der Waals surface area contributed by atoms with E-state index in [2.05, 4.69) is 6.08 Å². The maximum absolute atomic E-state index is 6.48. The van der Waals surface area contributed by atoms with Gasteiger partial charge in [0.25, 0.3) is 0 Å². The number of hydrogen-bond donors (Lipinski definition) is 0. The predicted octanol–water partition coefficient (Wildman–Crippen LogP) is 4.38. The van der Waals surface area contributed by atoms with Crippen LogP contribution in [0.1, 0.15) is 12.0 Å². The van der Waals surface area contributed by atoms with Crippen LogP contribution >= 0.6 is 23.2 Å². The minimum atomic E-state index is -0.306. The van der Waals surface area contributed by atoms with Gasteiger partial charge in [0.05, 0.1) is 4.87 Å². The summed E-state index contributed by atoms with van der Waals surface area (Å²) in [5.74, 6) is 0. The molecule has 0 N–H and O–H groups in total. The highest BCUT2D eigenvalue weighted by Crippen LogP contribution is 2.31. The highest BCUT2D eigenvalue weighted by atomic mass is 35.5. The molecule has 0 nitrogen and oxygen atoms in total. The summed E-state index contributed by atoms with van der Waals surface area (Å²) in [5.41, 5.74) is 1.11.